The Morgan fingerprint density at radius 2 is 2.06 bits per heavy atom. The fraction of sp³-hybridized carbons (Fsp3) is 0.200. The molecular weight excluding hydrogens is 213 g/mol. The Morgan fingerprint density at radius 3 is 2.69 bits per heavy atom. The molecule has 5 N–H and O–H groups in total. The predicted molar refractivity (Wildman–Crippen MR) is 57.0 cm³/mol. The van der Waals surface area contributed by atoms with E-state index in [9.17, 15) is 14.0 Å². The molecule has 0 fully saturated rings. The lowest BCUT2D eigenvalue weighted by Crippen LogP contribution is -2.28. The maximum atomic E-state index is 13.2. The Labute approximate surface area is 91.6 Å². The Morgan fingerprint density at radius 1 is 1.38 bits per heavy atom. The van der Waals surface area contributed by atoms with E-state index >= 15 is 0 Å². The van der Waals surface area contributed by atoms with Crippen LogP contribution in [-0.4, -0.2) is 18.4 Å². The third-order valence-corrected chi connectivity index (χ3v) is 1.89. The number of carbonyl (C=O) groups excluding carboxylic acids is 2. The molecule has 0 atom stereocenters. The normalized spacial score (nSPS) is 9.81. The molecule has 0 aliphatic rings. The lowest BCUT2D eigenvalue weighted by molar-refractivity contribution is -0.117. The van der Waals surface area contributed by atoms with E-state index in [2.05, 4.69) is 5.32 Å². The number of carbonyl (C=O) groups is 2. The van der Waals surface area contributed by atoms with E-state index in [-0.39, 0.29) is 18.5 Å². The summed E-state index contributed by atoms with van der Waals surface area (Å²) in [5.41, 5.74) is 10.5. The summed E-state index contributed by atoms with van der Waals surface area (Å²) >= 11 is 0. The largest absolute Gasteiger partial charge is 0.399 e. The smallest absolute Gasteiger partial charge is 0.254 e. The first kappa shape index (κ1) is 12.0. The van der Waals surface area contributed by atoms with Gasteiger partial charge >= 0.3 is 0 Å². The predicted octanol–water partition coefficient (Wildman–Crippen LogP) is 0.0131. The fourth-order valence-corrected chi connectivity index (χ4v) is 1.11. The lowest BCUT2D eigenvalue weighted by atomic mass is 10.1. The van der Waals surface area contributed by atoms with Crippen molar-refractivity contribution in [3.8, 4) is 0 Å². The average Bonchev–Trinajstić information content (AvgIpc) is 2.21. The molecule has 1 rings (SSSR count). The molecule has 0 aliphatic carbocycles. The number of hydrogen-bond acceptors (Lipinski definition) is 3. The maximum absolute atomic E-state index is 13.2. The third kappa shape index (κ3) is 3.23. The van der Waals surface area contributed by atoms with Crippen molar-refractivity contribution in [3.05, 3.63) is 29.6 Å². The van der Waals surface area contributed by atoms with Gasteiger partial charge in [0.15, 0.2) is 0 Å². The first-order chi connectivity index (χ1) is 7.50. The van der Waals surface area contributed by atoms with Crippen molar-refractivity contribution in [3.63, 3.8) is 0 Å². The van der Waals surface area contributed by atoms with Crippen LogP contribution in [0.4, 0.5) is 10.1 Å². The van der Waals surface area contributed by atoms with E-state index in [1.54, 1.807) is 0 Å². The molecule has 0 saturated carbocycles. The highest BCUT2D eigenvalue weighted by Gasteiger charge is 2.11. The van der Waals surface area contributed by atoms with Gasteiger partial charge in [-0.3, -0.25) is 9.59 Å². The van der Waals surface area contributed by atoms with Crippen molar-refractivity contribution < 1.29 is 14.0 Å². The van der Waals surface area contributed by atoms with E-state index in [0.717, 1.165) is 6.07 Å². The summed E-state index contributed by atoms with van der Waals surface area (Å²) in [6.45, 7) is 0.0718. The Bertz CT molecular complexity index is 421. The van der Waals surface area contributed by atoms with Gasteiger partial charge in [-0.15, -0.1) is 0 Å². The zero-order valence-electron chi connectivity index (χ0n) is 8.50. The van der Waals surface area contributed by atoms with Crippen LogP contribution in [0.2, 0.25) is 0 Å². The summed E-state index contributed by atoms with van der Waals surface area (Å²) in [6, 6.07) is 3.70. The Balaban J connectivity index is 2.65. The molecule has 0 aliphatic heterocycles. The van der Waals surface area contributed by atoms with Crippen molar-refractivity contribution in [2.75, 3.05) is 12.3 Å². The molecule has 0 bridgehead atoms. The number of nitrogens with two attached hydrogens (primary N) is 2. The highest BCUT2D eigenvalue weighted by molar-refractivity contribution is 5.95. The van der Waals surface area contributed by atoms with Gasteiger partial charge in [0.05, 0.1) is 5.56 Å². The number of nitrogens with one attached hydrogen (secondary N) is 1. The molecule has 0 heterocycles. The molecule has 5 nitrogen and oxygen atoms in total. The number of rotatable bonds is 4. The van der Waals surface area contributed by atoms with Gasteiger partial charge in [-0.05, 0) is 18.2 Å². The molecular formula is C10H12FN3O2. The van der Waals surface area contributed by atoms with Gasteiger partial charge in [-0.25, -0.2) is 4.39 Å². The minimum atomic E-state index is -0.661. The molecule has 0 saturated heterocycles. The third-order valence-electron chi connectivity index (χ3n) is 1.89. The second kappa shape index (κ2) is 5.11. The SMILES string of the molecule is NC(=O)CCNC(=O)c1cc(N)ccc1F. The fourth-order valence-electron chi connectivity index (χ4n) is 1.11. The van der Waals surface area contributed by atoms with E-state index in [1.165, 1.54) is 12.1 Å². The second-order valence-corrected chi connectivity index (χ2v) is 3.21. The minimum absolute atomic E-state index is 0.00960. The summed E-state index contributed by atoms with van der Waals surface area (Å²) in [5.74, 6) is -1.81. The number of anilines is 1. The molecule has 0 radical (unpaired) electrons. The first-order valence-corrected chi connectivity index (χ1v) is 4.62. The van der Waals surface area contributed by atoms with E-state index < -0.39 is 17.6 Å². The molecule has 1 aromatic rings. The quantitative estimate of drug-likeness (QED) is 0.629. The number of primary amides is 1. The van der Waals surface area contributed by atoms with Gasteiger partial charge in [0.2, 0.25) is 5.91 Å². The highest BCUT2D eigenvalue weighted by Crippen LogP contribution is 2.11. The van der Waals surface area contributed by atoms with E-state index in [0.29, 0.717) is 5.69 Å². The zero-order chi connectivity index (χ0) is 12.1. The van der Waals surface area contributed by atoms with Gasteiger partial charge in [-0.2, -0.15) is 0 Å². The summed E-state index contributed by atoms with van der Waals surface area (Å²) in [5, 5.41) is 2.36. The summed E-state index contributed by atoms with van der Waals surface area (Å²) in [6.07, 6.45) is 0.00960. The van der Waals surface area contributed by atoms with Crippen LogP contribution < -0.4 is 16.8 Å². The van der Waals surface area contributed by atoms with Crippen LogP contribution in [0.3, 0.4) is 0 Å². The monoisotopic (exact) mass is 225 g/mol. The molecule has 1 aromatic carbocycles. The van der Waals surface area contributed by atoms with Crippen LogP contribution in [0.25, 0.3) is 0 Å². The van der Waals surface area contributed by atoms with Crippen LogP contribution in [-0.2, 0) is 4.79 Å². The second-order valence-electron chi connectivity index (χ2n) is 3.21. The van der Waals surface area contributed by atoms with Crippen molar-refractivity contribution in [2.24, 2.45) is 5.73 Å². The van der Waals surface area contributed by atoms with Crippen molar-refractivity contribution in [1.29, 1.82) is 0 Å². The number of halogens is 1. The number of nitrogen functional groups attached to an aromatic ring is 1. The molecule has 0 unspecified atom stereocenters. The van der Waals surface area contributed by atoms with E-state index in [1.807, 2.05) is 0 Å². The average molecular weight is 225 g/mol. The topological polar surface area (TPSA) is 98.2 Å². The van der Waals surface area contributed by atoms with Gasteiger partial charge in [0, 0.05) is 18.7 Å². The number of benzene rings is 1. The van der Waals surface area contributed by atoms with Gasteiger partial charge in [-0.1, -0.05) is 0 Å². The minimum Gasteiger partial charge on any atom is -0.399 e. The molecule has 16 heavy (non-hydrogen) atoms. The standard InChI is InChI=1S/C10H12FN3O2/c11-8-2-1-6(12)5-7(8)10(16)14-4-3-9(13)15/h1-2,5H,3-4,12H2,(H2,13,15)(H,14,16). The van der Waals surface area contributed by atoms with Crippen LogP contribution in [0.1, 0.15) is 16.8 Å². The van der Waals surface area contributed by atoms with Crippen LogP contribution in [0.5, 0.6) is 0 Å². The maximum Gasteiger partial charge on any atom is 0.254 e. The van der Waals surface area contributed by atoms with Crippen molar-refractivity contribution >= 4 is 17.5 Å². The molecule has 86 valence electrons. The van der Waals surface area contributed by atoms with E-state index in [4.69, 9.17) is 11.5 Å². The molecule has 0 spiro atoms. The van der Waals surface area contributed by atoms with Crippen molar-refractivity contribution in [2.45, 2.75) is 6.42 Å². The zero-order valence-corrected chi connectivity index (χ0v) is 8.50. The molecule has 0 aromatic heterocycles. The number of hydrogen-bond donors (Lipinski definition) is 3. The Hall–Kier alpha value is -2.11. The summed E-state index contributed by atoms with van der Waals surface area (Å²) in [4.78, 5) is 21.9. The van der Waals surface area contributed by atoms with Gasteiger partial charge < -0.3 is 16.8 Å². The highest BCUT2D eigenvalue weighted by atomic mass is 19.1. The number of amides is 2. The van der Waals surface area contributed by atoms with Gasteiger partial charge in [0.1, 0.15) is 5.82 Å². The molecule has 6 heteroatoms. The van der Waals surface area contributed by atoms with Crippen LogP contribution in [0, 0.1) is 5.82 Å². The summed E-state index contributed by atoms with van der Waals surface area (Å²) < 4.78 is 13.2. The van der Waals surface area contributed by atoms with Crippen LogP contribution in [0.15, 0.2) is 18.2 Å². The first-order valence-electron chi connectivity index (χ1n) is 4.62. The molecule has 2 amide bonds. The van der Waals surface area contributed by atoms with Crippen molar-refractivity contribution in [1.82, 2.24) is 5.32 Å². The Kier molecular flexibility index (Phi) is 3.82. The van der Waals surface area contributed by atoms with Crippen LogP contribution >= 0.6 is 0 Å². The van der Waals surface area contributed by atoms with Gasteiger partial charge in [0.25, 0.3) is 5.91 Å². The summed E-state index contributed by atoms with van der Waals surface area (Å²) in [7, 11) is 0. The lowest BCUT2D eigenvalue weighted by Gasteiger charge is -2.05.